The van der Waals surface area contributed by atoms with Gasteiger partial charge in [0.2, 0.25) is 17.7 Å². The zero-order valence-electron chi connectivity index (χ0n) is 38.9. The summed E-state index contributed by atoms with van der Waals surface area (Å²) in [4.78, 5) is 76.7. The molecule has 68 heavy (non-hydrogen) atoms. The number of nitrogens with zero attached hydrogens (tertiary/aromatic N) is 3. The van der Waals surface area contributed by atoms with Crippen LogP contribution in [0.1, 0.15) is 57.3 Å². The van der Waals surface area contributed by atoms with Crippen LogP contribution < -0.4 is 16.4 Å². The van der Waals surface area contributed by atoms with Gasteiger partial charge in [-0.1, -0.05) is 51.1 Å². The van der Waals surface area contributed by atoms with Gasteiger partial charge >= 0.3 is 5.97 Å². The van der Waals surface area contributed by atoms with Crippen molar-refractivity contribution in [3.8, 4) is 11.1 Å². The van der Waals surface area contributed by atoms with Crippen molar-refractivity contribution in [1.82, 2.24) is 25.0 Å². The van der Waals surface area contributed by atoms with E-state index in [2.05, 4.69) is 10.6 Å². The number of imide groups is 1. The fraction of sp³-hybridized carbons (Fsp3) is 0.500. The summed E-state index contributed by atoms with van der Waals surface area (Å²) in [6.07, 6.45) is 4.49. The van der Waals surface area contributed by atoms with Gasteiger partial charge in [-0.05, 0) is 48.2 Å². The Labute approximate surface area is 400 Å². The summed E-state index contributed by atoms with van der Waals surface area (Å²) in [5.41, 5.74) is 7.58. The molecule has 1 aromatic heterocycles. The minimum Gasteiger partial charge on any atom is -0.480 e. The Hall–Kier alpha value is -5.51. The predicted octanol–water partition coefficient (Wildman–Crippen LogP) is 3.94. The monoisotopic (exact) mass is 970 g/mol. The van der Waals surface area contributed by atoms with Crippen molar-refractivity contribution in [1.29, 1.82) is 0 Å². The van der Waals surface area contributed by atoms with Crippen LogP contribution in [0.5, 0.6) is 0 Å². The van der Waals surface area contributed by atoms with Gasteiger partial charge in [-0.15, -0.1) is 11.8 Å². The van der Waals surface area contributed by atoms with Gasteiger partial charge in [0.05, 0.1) is 64.6 Å². The summed E-state index contributed by atoms with van der Waals surface area (Å²) in [5, 5.41) is 15.1. The van der Waals surface area contributed by atoms with Gasteiger partial charge in [-0.25, -0.2) is 13.6 Å². The average molecular weight is 971 g/mol. The summed E-state index contributed by atoms with van der Waals surface area (Å²) in [7, 11) is 0. The van der Waals surface area contributed by atoms with Crippen LogP contribution in [0.15, 0.2) is 72.9 Å². The van der Waals surface area contributed by atoms with Crippen LogP contribution in [0.3, 0.4) is 0 Å². The van der Waals surface area contributed by atoms with E-state index in [1.54, 1.807) is 17.2 Å². The van der Waals surface area contributed by atoms with Crippen molar-refractivity contribution >= 4 is 47.3 Å². The number of benzene rings is 2. The second kappa shape index (κ2) is 28.7. The Morgan fingerprint density at radius 3 is 2.09 bits per heavy atom. The van der Waals surface area contributed by atoms with E-state index in [0.29, 0.717) is 57.2 Å². The largest absolute Gasteiger partial charge is 0.480 e. The first-order valence-corrected chi connectivity index (χ1v) is 23.6. The Balaban J connectivity index is 1.16. The molecule has 0 saturated carbocycles. The van der Waals surface area contributed by atoms with Crippen molar-refractivity contribution in [2.75, 3.05) is 90.5 Å². The van der Waals surface area contributed by atoms with Gasteiger partial charge in [-0.2, -0.15) is 0 Å². The number of rotatable bonds is 32. The number of carbonyl (C=O) groups is 6. The van der Waals surface area contributed by atoms with Crippen LogP contribution in [-0.2, 0) is 54.3 Å². The first kappa shape index (κ1) is 55.1. The lowest BCUT2D eigenvalue weighted by molar-refractivity contribution is -0.141. The molecule has 5 amide bonds. The summed E-state index contributed by atoms with van der Waals surface area (Å²) >= 11 is 1.08. The predicted molar refractivity (Wildman–Crippen MR) is 251 cm³/mol. The molecule has 0 unspecified atom stereocenters. The summed E-state index contributed by atoms with van der Waals surface area (Å²) in [5.74, 6) is -4.58. The lowest BCUT2D eigenvalue weighted by atomic mass is 9.83. The lowest BCUT2D eigenvalue weighted by Gasteiger charge is -2.41. The number of aromatic nitrogens is 1. The Morgan fingerprint density at radius 1 is 0.838 bits per heavy atom. The highest BCUT2D eigenvalue weighted by molar-refractivity contribution is 8.00. The topological polar surface area (TPSA) is 221 Å². The molecule has 17 nitrogen and oxygen atoms in total. The van der Waals surface area contributed by atoms with Crippen LogP contribution >= 0.6 is 11.8 Å². The standard InChI is InChI=1S/C48H64F2N6O11S/c1-48(2,3)46(40-28-35(37-29-36(49)10-11-38(37)50)31-54(40)30-34-8-5-4-6-9-34)56(18-7-16-51)45(61)33-68-32-39(47(62)63)53-42(58)15-20-64-22-24-66-26-27-67-25-23-65-21-17-52-41(57)14-19-55-43(59)12-13-44(55)60/h4-6,8-13,28-29,31,39,46H,7,14-27,30,32-33,51H2,1-3H3,(H,52,57)(H,53,58)(H,62,63)/t39-,46-/m0/s1. The average Bonchev–Trinajstić information content (AvgIpc) is 3.85. The van der Waals surface area contributed by atoms with Crippen LogP contribution in [0.25, 0.3) is 11.1 Å². The molecule has 0 radical (unpaired) electrons. The van der Waals surface area contributed by atoms with Crippen LogP contribution in [0.2, 0.25) is 0 Å². The molecule has 20 heteroatoms. The van der Waals surface area contributed by atoms with E-state index in [-0.39, 0.29) is 87.8 Å². The molecule has 372 valence electrons. The van der Waals surface area contributed by atoms with Crippen LogP contribution in [-0.4, -0.2) is 152 Å². The maximum atomic E-state index is 15.1. The Bertz CT molecular complexity index is 2130. The van der Waals surface area contributed by atoms with E-state index in [1.165, 1.54) is 12.2 Å². The molecule has 2 heterocycles. The van der Waals surface area contributed by atoms with Crippen LogP contribution in [0, 0.1) is 17.0 Å². The molecule has 0 spiro atoms. The molecule has 0 bridgehead atoms. The third-order valence-electron chi connectivity index (χ3n) is 10.5. The quantitative estimate of drug-likeness (QED) is 0.0516. The zero-order chi connectivity index (χ0) is 49.5. The second-order valence-corrected chi connectivity index (χ2v) is 17.9. The number of hydrogen-bond donors (Lipinski definition) is 4. The lowest BCUT2D eigenvalue weighted by Crippen LogP contribution is -2.45. The molecule has 0 fully saturated rings. The molecule has 1 aliphatic heterocycles. The number of thioether (sulfide) groups is 1. The van der Waals surface area contributed by atoms with E-state index < -0.39 is 52.8 Å². The normalized spacial score (nSPS) is 13.5. The Morgan fingerprint density at radius 2 is 1.47 bits per heavy atom. The third kappa shape index (κ3) is 18.5. The SMILES string of the molecule is CC(C)(C)[C@H](c1cc(-c2cc(F)ccc2F)cn1Cc1ccccc1)N(CCCN)C(=O)CSC[C@H](NC(=O)CCOCCOCCOCCOCCNC(=O)CCN1C(=O)C=CC1=O)C(=O)O. The van der Waals surface area contributed by atoms with Crippen molar-refractivity contribution < 1.29 is 61.6 Å². The van der Waals surface area contributed by atoms with E-state index >= 15 is 4.39 Å². The van der Waals surface area contributed by atoms with Gasteiger partial charge < -0.3 is 49.9 Å². The van der Waals surface area contributed by atoms with E-state index in [4.69, 9.17) is 24.7 Å². The van der Waals surface area contributed by atoms with Crippen molar-refractivity contribution in [3.63, 3.8) is 0 Å². The van der Waals surface area contributed by atoms with Crippen molar-refractivity contribution in [3.05, 3.63) is 95.8 Å². The van der Waals surface area contributed by atoms with Gasteiger partial charge in [-0.3, -0.25) is 28.9 Å². The molecule has 3 aromatic rings. The van der Waals surface area contributed by atoms with Gasteiger partial charge in [0.1, 0.15) is 17.7 Å². The molecule has 2 aromatic carbocycles. The first-order valence-electron chi connectivity index (χ1n) is 22.5. The number of amides is 5. The fourth-order valence-corrected chi connectivity index (χ4v) is 8.12. The molecule has 2 atom stereocenters. The van der Waals surface area contributed by atoms with Crippen molar-refractivity contribution in [2.24, 2.45) is 11.1 Å². The number of carboxylic acid groups (broad SMARTS) is 1. The number of carbonyl (C=O) groups excluding carboxylic acids is 5. The number of nitrogens with one attached hydrogen (secondary N) is 2. The van der Waals surface area contributed by atoms with Gasteiger partial charge in [0, 0.05) is 79.9 Å². The molecular formula is C48H64F2N6O11S. The number of ether oxygens (including phenoxy) is 4. The summed E-state index contributed by atoms with van der Waals surface area (Å²) < 4.78 is 53.3. The van der Waals surface area contributed by atoms with E-state index in [1.807, 2.05) is 55.7 Å². The molecule has 1 aliphatic rings. The van der Waals surface area contributed by atoms with Gasteiger partial charge in [0.25, 0.3) is 11.8 Å². The van der Waals surface area contributed by atoms with E-state index in [9.17, 15) is 38.3 Å². The minimum absolute atomic E-state index is 0.00342. The maximum absolute atomic E-state index is 15.1. The van der Waals surface area contributed by atoms with Crippen LogP contribution in [0.4, 0.5) is 8.78 Å². The highest BCUT2D eigenvalue weighted by Gasteiger charge is 2.37. The Kier molecular flexibility index (Phi) is 23.3. The smallest absolute Gasteiger partial charge is 0.327 e. The highest BCUT2D eigenvalue weighted by Crippen LogP contribution is 2.41. The summed E-state index contributed by atoms with van der Waals surface area (Å²) in [6, 6.07) is 12.9. The van der Waals surface area contributed by atoms with Crippen molar-refractivity contribution in [2.45, 2.75) is 58.7 Å². The number of halogens is 2. The molecule has 0 saturated heterocycles. The second-order valence-electron chi connectivity index (χ2n) is 16.8. The third-order valence-corrected chi connectivity index (χ3v) is 11.5. The molecule has 4 rings (SSSR count). The minimum atomic E-state index is -1.27. The number of hydrogen-bond acceptors (Lipinski definition) is 12. The number of aliphatic carboxylic acids is 1. The van der Waals surface area contributed by atoms with Gasteiger partial charge in [0.15, 0.2) is 0 Å². The molecular weight excluding hydrogens is 907 g/mol. The van der Waals surface area contributed by atoms with E-state index in [0.717, 1.165) is 40.4 Å². The fourth-order valence-electron chi connectivity index (χ4n) is 7.20. The number of nitrogens with two attached hydrogens (primary N) is 1. The first-order chi connectivity index (χ1) is 32.6. The molecule has 5 N–H and O–H groups in total. The summed E-state index contributed by atoms with van der Waals surface area (Å²) in [6.45, 7) is 9.17. The highest BCUT2D eigenvalue weighted by atomic mass is 32.2. The number of carboxylic acids is 1. The zero-order valence-corrected chi connectivity index (χ0v) is 39.7. The molecule has 0 aliphatic carbocycles. The maximum Gasteiger partial charge on any atom is 0.327 e.